The molecule has 3 aliphatic rings. The Morgan fingerprint density at radius 2 is 2.06 bits per heavy atom. The van der Waals surface area contributed by atoms with E-state index >= 15 is 0 Å². The Labute approximate surface area is 98.9 Å². The van der Waals surface area contributed by atoms with Gasteiger partial charge in [0.05, 0.1) is 6.61 Å². The van der Waals surface area contributed by atoms with Gasteiger partial charge < -0.3 is 5.11 Å². The summed E-state index contributed by atoms with van der Waals surface area (Å²) in [4.78, 5) is 0. The summed E-state index contributed by atoms with van der Waals surface area (Å²) in [6, 6.07) is 0. The highest BCUT2D eigenvalue weighted by Gasteiger charge is 2.72. The van der Waals surface area contributed by atoms with Crippen LogP contribution in [-0.2, 0) is 0 Å². The van der Waals surface area contributed by atoms with E-state index in [1.807, 2.05) is 0 Å². The van der Waals surface area contributed by atoms with Crippen LogP contribution < -0.4 is 0 Å². The van der Waals surface area contributed by atoms with Crippen molar-refractivity contribution in [3.8, 4) is 0 Å². The third-order valence-corrected chi connectivity index (χ3v) is 6.22. The predicted molar refractivity (Wildman–Crippen MR) is 66.1 cm³/mol. The zero-order valence-electron chi connectivity index (χ0n) is 10.8. The number of allylic oxidation sites excluding steroid dienone is 1. The van der Waals surface area contributed by atoms with Crippen molar-refractivity contribution in [2.45, 2.75) is 52.9 Å². The maximum absolute atomic E-state index is 9.46. The van der Waals surface area contributed by atoms with Gasteiger partial charge in [-0.15, -0.1) is 0 Å². The topological polar surface area (TPSA) is 20.2 Å². The molecule has 90 valence electrons. The molecule has 0 unspecified atom stereocenters. The molecular formula is C15H24O. The highest BCUT2D eigenvalue weighted by Crippen LogP contribution is 2.80. The van der Waals surface area contributed by atoms with Crippen LogP contribution in [0.4, 0.5) is 0 Å². The summed E-state index contributed by atoms with van der Waals surface area (Å²) in [6.07, 6.45) is 9.03. The number of aliphatic hydroxyl groups excluding tert-OH is 1. The molecule has 0 radical (unpaired) electrons. The van der Waals surface area contributed by atoms with E-state index in [2.05, 4.69) is 26.8 Å². The molecule has 1 spiro atoms. The minimum atomic E-state index is 0.290. The Kier molecular flexibility index (Phi) is 1.98. The van der Waals surface area contributed by atoms with E-state index in [0.29, 0.717) is 28.8 Å². The van der Waals surface area contributed by atoms with E-state index in [-0.39, 0.29) is 0 Å². The molecule has 3 rings (SSSR count). The van der Waals surface area contributed by atoms with Crippen LogP contribution in [0.25, 0.3) is 0 Å². The van der Waals surface area contributed by atoms with Crippen molar-refractivity contribution in [3.05, 3.63) is 11.6 Å². The molecule has 1 N–H and O–H groups in total. The van der Waals surface area contributed by atoms with Crippen LogP contribution in [0.2, 0.25) is 0 Å². The minimum absolute atomic E-state index is 0.290. The highest BCUT2D eigenvalue weighted by atomic mass is 16.3. The number of aliphatic hydroxyl groups is 1. The van der Waals surface area contributed by atoms with Crippen LogP contribution >= 0.6 is 0 Å². The average molecular weight is 220 g/mol. The lowest BCUT2D eigenvalue weighted by atomic mass is 9.50. The molecule has 1 nitrogen and oxygen atoms in total. The Bertz CT molecular complexity index is 354. The van der Waals surface area contributed by atoms with Crippen molar-refractivity contribution >= 4 is 0 Å². The molecule has 0 bridgehead atoms. The van der Waals surface area contributed by atoms with Gasteiger partial charge in [-0.3, -0.25) is 0 Å². The van der Waals surface area contributed by atoms with Crippen LogP contribution in [0, 0.1) is 22.2 Å². The minimum Gasteiger partial charge on any atom is -0.392 e. The summed E-state index contributed by atoms with van der Waals surface area (Å²) in [7, 11) is 0. The van der Waals surface area contributed by atoms with Crippen molar-refractivity contribution in [2.75, 3.05) is 6.61 Å². The first-order valence-electron chi connectivity index (χ1n) is 6.77. The van der Waals surface area contributed by atoms with E-state index in [9.17, 15) is 5.11 Å². The number of hydrogen-bond acceptors (Lipinski definition) is 1. The molecule has 0 aromatic rings. The molecular weight excluding hydrogens is 196 g/mol. The molecule has 0 amide bonds. The van der Waals surface area contributed by atoms with Gasteiger partial charge in [0.2, 0.25) is 0 Å². The molecule has 3 aliphatic carbocycles. The van der Waals surface area contributed by atoms with E-state index in [1.54, 1.807) is 0 Å². The van der Waals surface area contributed by atoms with Gasteiger partial charge in [-0.1, -0.05) is 33.3 Å². The predicted octanol–water partition coefficient (Wildman–Crippen LogP) is 3.53. The first-order chi connectivity index (χ1) is 7.47. The second-order valence-corrected chi connectivity index (χ2v) is 7.17. The van der Waals surface area contributed by atoms with Crippen molar-refractivity contribution in [3.63, 3.8) is 0 Å². The van der Waals surface area contributed by atoms with E-state index in [0.717, 1.165) is 0 Å². The molecule has 0 saturated heterocycles. The van der Waals surface area contributed by atoms with Crippen molar-refractivity contribution in [2.24, 2.45) is 22.2 Å². The lowest BCUT2D eigenvalue weighted by molar-refractivity contribution is -0.0359. The van der Waals surface area contributed by atoms with E-state index < -0.39 is 0 Å². The molecule has 0 aliphatic heterocycles. The molecule has 2 saturated carbocycles. The van der Waals surface area contributed by atoms with Gasteiger partial charge in [0.15, 0.2) is 0 Å². The van der Waals surface area contributed by atoms with Crippen LogP contribution in [0.1, 0.15) is 52.9 Å². The van der Waals surface area contributed by atoms with Crippen LogP contribution in [0.3, 0.4) is 0 Å². The molecule has 16 heavy (non-hydrogen) atoms. The summed E-state index contributed by atoms with van der Waals surface area (Å²) in [6.45, 7) is 7.71. The standard InChI is InChI=1S/C15H24O/c1-13(2)6-4-7-14(3)8-5-11(10-16)12-9-15(12,13)14/h5,12,16H,4,6-10H2,1-3H3/t12-,14-,15-/m0/s1. The molecule has 0 heterocycles. The maximum Gasteiger partial charge on any atom is 0.0644 e. The van der Waals surface area contributed by atoms with Crippen molar-refractivity contribution < 1.29 is 5.11 Å². The SMILES string of the molecule is CC1(C)CCC[C@@]2(C)CC=C(CO)[C@@H]3C[C@]312. The lowest BCUT2D eigenvalue weighted by Crippen LogP contribution is -2.46. The Morgan fingerprint density at radius 1 is 1.31 bits per heavy atom. The first kappa shape index (κ1) is 10.8. The monoisotopic (exact) mass is 220 g/mol. The summed E-state index contributed by atoms with van der Waals surface area (Å²) >= 11 is 0. The zero-order valence-corrected chi connectivity index (χ0v) is 10.8. The molecule has 3 atom stereocenters. The third kappa shape index (κ3) is 1.01. The highest BCUT2D eigenvalue weighted by molar-refractivity contribution is 5.34. The van der Waals surface area contributed by atoms with Gasteiger partial charge in [0.25, 0.3) is 0 Å². The summed E-state index contributed by atoms with van der Waals surface area (Å²) < 4.78 is 0. The van der Waals surface area contributed by atoms with Crippen molar-refractivity contribution in [1.29, 1.82) is 0 Å². The second kappa shape index (κ2) is 2.93. The second-order valence-electron chi connectivity index (χ2n) is 7.17. The normalized spacial score (nSPS) is 49.0. The third-order valence-electron chi connectivity index (χ3n) is 6.22. The fraction of sp³-hybridized carbons (Fsp3) is 0.867. The van der Waals surface area contributed by atoms with E-state index in [4.69, 9.17) is 0 Å². The lowest BCUT2D eigenvalue weighted by Gasteiger charge is -2.54. The molecule has 2 fully saturated rings. The van der Waals surface area contributed by atoms with Gasteiger partial charge in [-0.05, 0) is 53.4 Å². The molecule has 1 heteroatoms. The maximum atomic E-state index is 9.46. The smallest absolute Gasteiger partial charge is 0.0644 e. The molecule has 0 aromatic carbocycles. The van der Waals surface area contributed by atoms with Crippen LogP contribution in [0.5, 0.6) is 0 Å². The summed E-state index contributed by atoms with van der Waals surface area (Å²) in [5.74, 6) is 0.701. The van der Waals surface area contributed by atoms with Crippen LogP contribution in [-0.4, -0.2) is 11.7 Å². The Hall–Kier alpha value is -0.300. The largest absolute Gasteiger partial charge is 0.392 e. The quantitative estimate of drug-likeness (QED) is 0.670. The fourth-order valence-electron chi connectivity index (χ4n) is 5.27. The van der Waals surface area contributed by atoms with Gasteiger partial charge in [-0.2, -0.15) is 0 Å². The fourth-order valence-corrected chi connectivity index (χ4v) is 5.27. The number of hydrogen-bond donors (Lipinski definition) is 1. The Morgan fingerprint density at radius 3 is 2.75 bits per heavy atom. The van der Waals surface area contributed by atoms with Crippen LogP contribution in [0.15, 0.2) is 11.6 Å². The van der Waals surface area contributed by atoms with Gasteiger partial charge in [0.1, 0.15) is 0 Å². The zero-order chi connectivity index (χ0) is 11.6. The first-order valence-corrected chi connectivity index (χ1v) is 6.77. The van der Waals surface area contributed by atoms with Gasteiger partial charge in [0, 0.05) is 0 Å². The van der Waals surface area contributed by atoms with E-state index in [1.165, 1.54) is 37.7 Å². The van der Waals surface area contributed by atoms with Crippen molar-refractivity contribution in [1.82, 2.24) is 0 Å². The van der Waals surface area contributed by atoms with Gasteiger partial charge in [-0.25, -0.2) is 0 Å². The van der Waals surface area contributed by atoms with Gasteiger partial charge >= 0.3 is 0 Å². The average Bonchev–Trinajstić information content (AvgIpc) is 2.94. The Balaban J connectivity index is 2.05. The summed E-state index contributed by atoms with van der Waals surface area (Å²) in [5.41, 5.74) is 2.84. The summed E-state index contributed by atoms with van der Waals surface area (Å²) in [5, 5.41) is 9.46. The number of rotatable bonds is 1. The molecule has 0 aromatic heterocycles.